The highest BCUT2D eigenvalue weighted by molar-refractivity contribution is 6.24. The van der Waals surface area contributed by atoms with Crippen molar-refractivity contribution in [1.29, 1.82) is 0 Å². The third-order valence-electron chi connectivity index (χ3n) is 3.80. The van der Waals surface area contributed by atoms with Crippen molar-refractivity contribution in [2.75, 3.05) is 5.32 Å². The second-order valence-corrected chi connectivity index (χ2v) is 5.67. The number of hydrogen-bond acceptors (Lipinski definition) is 2. The fourth-order valence-electron chi connectivity index (χ4n) is 2.19. The van der Waals surface area contributed by atoms with E-state index in [9.17, 15) is 14.0 Å². The predicted molar refractivity (Wildman–Crippen MR) is 92.9 cm³/mol. The van der Waals surface area contributed by atoms with Crippen LogP contribution in [0.1, 0.15) is 22.3 Å². The first-order chi connectivity index (χ1) is 11.3. The van der Waals surface area contributed by atoms with Gasteiger partial charge in [-0.2, -0.15) is 0 Å². The van der Waals surface area contributed by atoms with Gasteiger partial charge in [0.15, 0.2) is 0 Å². The van der Waals surface area contributed by atoms with Crippen LogP contribution in [0.15, 0.2) is 42.5 Å². The third-order valence-corrected chi connectivity index (χ3v) is 3.80. The maximum atomic E-state index is 13.5. The molecule has 0 aliphatic carbocycles. The molecule has 0 unspecified atom stereocenters. The Morgan fingerprint density at radius 1 is 1.00 bits per heavy atom. The van der Waals surface area contributed by atoms with Crippen molar-refractivity contribution in [3.8, 4) is 0 Å². The lowest BCUT2D eigenvalue weighted by molar-refractivity contribution is -0.114. The molecule has 3 N–H and O–H groups in total. The average Bonchev–Trinajstić information content (AvgIpc) is 2.51. The molecule has 0 aliphatic rings. The van der Waals surface area contributed by atoms with E-state index >= 15 is 0 Å². The fraction of sp³-hybridized carbons (Fsp3) is 0.158. The van der Waals surface area contributed by atoms with E-state index in [0.29, 0.717) is 16.8 Å². The average molecular weight is 326 g/mol. The molecule has 0 atom stereocenters. The van der Waals surface area contributed by atoms with Gasteiger partial charge >= 0.3 is 0 Å². The summed E-state index contributed by atoms with van der Waals surface area (Å²) in [5.41, 5.74) is 8.91. The summed E-state index contributed by atoms with van der Waals surface area (Å²) in [5.74, 6) is -1.67. The highest BCUT2D eigenvalue weighted by Gasteiger charge is 2.12. The number of primary amides is 1. The van der Waals surface area contributed by atoms with E-state index in [1.165, 1.54) is 6.07 Å². The highest BCUT2D eigenvalue weighted by Crippen LogP contribution is 2.19. The number of anilines is 1. The summed E-state index contributed by atoms with van der Waals surface area (Å²) in [7, 11) is 0. The van der Waals surface area contributed by atoms with Crippen molar-refractivity contribution in [3.63, 3.8) is 0 Å². The minimum atomic E-state index is -0.705. The predicted octanol–water partition coefficient (Wildman–Crippen LogP) is 3.26. The van der Waals surface area contributed by atoms with Crippen LogP contribution in [0, 0.1) is 26.6 Å². The van der Waals surface area contributed by atoms with Crippen LogP contribution in [0.2, 0.25) is 0 Å². The first kappa shape index (κ1) is 17.4. The molecule has 124 valence electrons. The number of carbonyl (C=O) groups is 2. The first-order valence-corrected chi connectivity index (χ1v) is 7.44. The van der Waals surface area contributed by atoms with Crippen LogP contribution in [-0.4, -0.2) is 11.8 Å². The van der Waals surface area contributed by atoms with Crippen molar-refractivity contribution in [3.05, 3.63) is 70.5 Å². The number of hydrogen-bond donors (Lipinski definition) is 2. The summed E-state index contributed by atoms with van der Waals surface area (Å²) in [6, 6.07) is 9.76. The lowest BCUT2D eigenvalue weighted by Gasteiger charge is -2.08. The number of nitrogens with one attached hydrogen (secondary N) is 1. The van der Waals surface area contributed by atoms with Gasteiger partial charge in [0, 0.05) is 11.8 Å². The van der Waals surface area contributed by atoms with Crippen LogP contribution >= 0.6 is 0 Å². The molecule has 2 rings (SSSR count). The SMILES string of the molecule is Cc1ccc(/C(=C/C(=O)Nc2ccc(C)c(F)c2)C(N)=O)cc1C. The minimum Gasteiger partial charge on any atom is -0.366 e. The normalized spacial score (nSPS) is 11.2. The summed E-state index contributed by atoms with van der Waals surface area (Å²) >= 11 is 0. The Morgan fingerprint density at radius 2 is 1.67 bits per heavy atom. The number of carbonyl (C=O) groups excluding carboxylic acids is 2. The van der Waals surface area contributed by atoms with Gasteiger partial charge in [-0.15, -0.1) is 0 Å². The Kier molecular flexibility index (Phi) is 5.14. The van der Waals surface area contributed by atoms with Gasteiger partial charge < -0.3 is 11.1 Å². The Bertz CT molecular complexity index is 841. The summed E-state index contributed by atoms with van der Waals surface area (Å²) < 4.78 is 13.5. The number of benzene rings is 2. The van der Waals surface area contributed by atoms with Crippen LogP contribution in [0.5, 0.6) is 0 Å². The lowest BCUT2D eigenvalue weighted by Crippen LogP contribution is -2.17. The number of halogens is 1. The Balaban J connectivity index is 2.29. The Morgan fingerprint density at radius 3 is 2.25 bits per heavy atom. The number of rotatable bonds is 4. The van der Waals surface area contributed by atoms with Crippen molar-refractivity contribution >= 4 is 23.1 Å². The van der Waals surface area contributed by atoms with E-state index in [0.717, 1.165) is 17.2 Å². The van der Waals surface area contributed by atoms with Gasteiger partial charge in [-0.25, -0.2) is 4.39 Å². The molecule has 0 spiro atoms. The molecule has 24 heavy (non-hydrogen) atoms. The molecule has 0 saturated heterocycles. The van der Waals surface area contributed by atoms with Crippen LogP contribution in [0.4, 0.5) is 10.1 Å². The molecule has 2 aromatic rings. The maximum absolute atomic E-state index is 13.5. The second-order valence-electron chi connectivity index (χ2n) is 5.67. The lowest BCUT2D eigenvalue weighted by atomic mass is 9.99. The van der Waals surface area contributed by atoms with E-state index in [1.54, 1.807) is 31.2 Å². The molecule has 0 fully saturated rings. The Labute approximate surface area is 140 Å². The molecule has 0 radical (unpaired) electrons. The smallest absolute Gasteiger partial charge is 0.249 e. The molecule has 0 saturated carbocycles. The molecule has 2 aromatic carbocycles. The molecule has 0 aromatic heterocycles. The molecular weight excluding hydrogens is 307 g/mol. The molecule has 5 heteroatoms. The summed E-state index contributed by atoms with van der Waals surface area (Å²) in [6.45, 7) is 5.49. The molecule has 4 nitrogen and oxygen atoms in total. The highest BCUT2D eigenvalue weighted by atomic mass is 19.1. The van der Waals surface area contributed by atoms with Crippen LogP contribution in [0.25, 0.3) is 5.57 Å². The molecule has 0 bridgehead atoms. The number of nitrogens with two attached hydrogens (primary N) is 1. The quantitative estimate of drug-likeness (QED) is 0.847. The van der Waals surface area contributed by atoms with Gasteiger partial charge in [-0.3, -0.25) is 9.59 Å². The van der Waals surface area contributed by atoms with Gasteiger partial charge in [0.2, 0.25) is 11.8 Å². The van der Waals surface area contributed by atoms with E-state index in [1.807, 2.05) is 19.9 Å². The van der Waals surface area contributed by atoms with Crippen molar-refractivity contribution in [2.45, 2.75) is 20.8 Å². The summed E-state index contributed by atoms with van der Waals surface area (Å²) in [5, 5.41) is 2.53. The second kappa shape index (κ2) is 7.08. The molecule has 0 aliphatic heterocycles. The number of amides is 2. The molecule has 2 amide bonds. The third kappa shape index (κ3) is 4.07. The number of aryl methyl sites for hydroxylation is 3. The van der Waals surface area contributed by atoms with Crippen LogP contribution < -0.4 is 11.1 Å². The van der Waals surface area contributed by atoms with Gasteiger partial charge in [0.05, 0.1) is 5.57 Å². The zero-order valence-corrected chi connectivity index (χ0v) is 13.8. The van der Waals surface area contributed by atoms with E-state index in [-0.39, 0.29) is 5.57 Å². The van der Waals surface area contributed by atoms with Gasteiger partial charge in [-0.1, -0.05) is 24.3 Å². The largest absolute Gasteiger partial charge is 0.366 e. The van der Waals surface area contributed by atoms with Crippen molar-refractivity contribution < 1.29 is 14.0 Å². The summed E-state index contributed by atoms with van der Waals surface area (Å²) in [4.78, 5) is 23.8. The fourth-order valence-corrected chi connectivity index (χ4v) is 2.19. The zero-order valence-electron chi connectivity index (χ0n) is 13.8. The summed E-state index contributed by atoms with van der Waals surface area (Å²) in [6.07, 6.45) is 1.13. The zero-order chi connectivity index (χ0) is 17.9. The minimum absolute atomic E-state index is 0.100. The van der Waals surface area contributed by atoms with Crippen molar-refractivity contribution in [1.82, 2.24) is 0 Å². The van der Waals surface area contributed by atoms with Crippen LogP contribution in [-0.2, 0) is 9.59 Å². The van der Waals surface area contributed by atoms with E-state index in [4.69, 9.17) is 5.73 Å². The van der Waals surface area contributed by atoms with Gasteiger partial charge in [0.25, 0.3) is 0 Å². The maximum Gasteiger partial charge on any atom is 0.249 e. The van der Waals surface area contributed by atoms with Crippen LogP contribution in [0.3, 0.4) is 0 Å². The monoisotopic (exact) mass is 326 g/mol. The molecular formula is C19H19FN2O2. The molecule has 0 heterocycles. The van der Waals surface area contributed by atoms with E-state index < -0.39 is 17.6 Å². The first-order valence-electron chi connectivity index (χ1n) is 7.44. The Hall–Kier alpha value is -2.95. The topological polar surface area (TPSA) is 72.2 Å². The van der Waals surface area contributed by atoms with E-state index in [2.05, 4.69) is 5.32 Å². The standard InChI is InChI=1S/C19H19FN2O2/c1-11-4-6-14(8-13(11)3)16(19(21)24)10-18(23)22-15-7-5-12(2)17(20)9-15/h4-10H,1-3H3,(H2,21,24)(H,22,23)/b16-10-. The van der Waals surface area contributed by atoms with Gasteiger partial charge in [-0.05, 0) is 55.2 Å². The van der Waals surface area contributed by atoms with Gasteiger partial charge in [0.1, 0.15) is 5.82 Å². The van der Waals surface area contributed by atoms with Crippen molar-refractivity contribution in [2.24, 2.45) is 5.73 Å².